The molecule has 1 heterocycles. The maximum atomic E-state index is 11.1. The first kappa shape index (κ1) is 7.72. The monoisotopic (exact) mass is 274 g/mol. The Hall–Kier alpha value is -0.910. The second-order valence-electron chi connectivity index (χ2n) is 2.33. The number of hydrogen-bond donors (Lipinski definition) is 0. The van der Waals surface area contributed by atoms with Gasteiger partial charge in [-0.15, -0.1) is 0 Å². The number of ether oxygens (including phenoxy) is 1. The first-order chi connectivity index (χ1) is 5.70. The van der Waals surface area contributed by atoms with Gasteiger partial charge in [0.1, 0.15) is 5.75 Å². The summed E-state index contributed by atoms with van der Waals surface area (Å²) in [6.07, 6.45) is 0. The number of ketones is 1. The molecule has 0 saturated heterocycles. The standard InChI is InChI=1S/C8H3IO3/c9-4-2-1-3-5-6(4)7(10)8(11)12-5/h1-3H. The Balaban J connectivity index is 2.70. The predicted molar refractivity (Wildman–Crippen MR) is 49.1 cm³/mol. The highest BCUT2D eigenvalue weighted by Crippen LogP contribution is 2.29. The van der Waals surface area contributed by atoms with Crippen LogP contribution in [-0.2, 0) is 4.79 Å². The zero-order valence-corrected chi connectivity index (χ0v) is 7.99. The van der Waals surface area contributed by atoms with Crippen molar-refractivity contribution in [3.63, 3.8) is 0 Å². The van der Waals surface area contributed by atoms with E-state index in [-0.39, 0.29) is 0 Å². The summed E-state index contributed by atoms with van der Waals surface area (Å²) < 4.78 is 5.46. The van der Waals surface area contributed by atoms with Crippen molar-refractivity contribution in [2.75, 3.05) is 0 Å². The number of carbonyl (C=O) groups is 2. The van der Waals surface area contributed by atoms with Gasteiger partial charge < -0.3 is 4.74 Å². The molecule has 12 heavy (non-hydrogen) atoms. The van der Waals surface area contributed by atoms with Crippen molar-refractivity contribution in [1.82, 2.24) is 0 Å². The van der Waals surface area contributed by atoms with Gasteiger partial charge in [-0.25, -0.2) is 4.79 Å². The van der Waals surface area contributed by atoms with Gasteiger partial charge in [-0.05, 0) is 34.7 Å². The quantitative estimate of drug-likeness (QED) is 0.311. The van der Waals surface area contributed by atoms with Gasteiger partial charge in [0.15, 0.2) is 0 Å². The number of rotatable bonds is 0. The molecule has 0 N–H and O–H groups in total. The Labute approximate surface area is 81.9 Å². The highest BCUT2D eigenvalue weighted by atomic mass is 127. The van der Waals surface area contributed by atoms with Gasteiger partial charge in [0.25, 0.3) is 5.78 Å². The molecule has 2 rings (SSSR count). The molecule has 0 fully saturated rings. The van der Waals surface area contributed by atoms with Crippen LogP contribution in [0.3, 0.4) is 0 Å². The summed E-state index contributed by atoms with van der Waals surface area (Å²) >= 11 is 2.00. The van der Waals surface area contributed by atoms with Crippen LogP contribution in [0.15, 0.2) is 18.2 Å². The molecule has 1 aromatic carbocycles. The molecule has 1 aliphatic rings. The fourth-order valence-electron chi connectivity index (χ4n) is 1.06. The molecular weight excluding hydrogens is 271 g/mol. The van der Waals surface area contributed by atoms with Crippen molar-refractivity contribution in [3.05, 3.63) is 27.3 Å². The van der Waals surface area contributed by atoms with Crippen molar-refractivity contribution in [2.24, 2.45) is 0 Å². The van der Waals surface area contributed by atoms with E-state index in [0.29, 0.717) is 11.3 Å². The van der Waals surface area contributed by atoms with Crippen LogP contribution in [0.25, 0.3) is 0 Å². The molecule has 0 radical (unpaired) electrons. The van der Waals surface area contributed by atoms with E-state index >= 15 is 0 Å². The molecule has 0 amide bonds. The second-order valence-corrected chi connectivity index (χ2v) is 3.49. The van der Waals surface area contributed by atoms with E-state index in [2.05, 4.69) is 0 Å². The van der Waals surface area contributed by atoms with Crippen LogP contribution in [0, 0.1) is 3.57 Å². The summed E-state index contributed by atoms with van der Waals surface area (Å²) in [5.74, 6) is -0.957. The minimum atomic E-state index is -0.783. The average Bonchev–Trinajstić information content (AvgIpc) is 2.29. The molecule has 0 aromatic heterocycles. The van der Waals surface area contributed by atoms with Crippen LogP contribution in [-0.4, -0.2) is 11.8 Å². The van der Waals surface area contributed by atoms with Crippen LogP contribution in [0.4, 0.5) is 0 Å². The molecule has 0 saturated carbocycles. The first-order valence-corrected chi connectivity index (χ1v) is 4.33. The van der Waals surface area contributed by atoms with Crippen molar-refractivity contribution >= 4 is 34.3 Å². The molecule has 0 spiro atoms. The maximum absolute atomic E-state index is 11.1. The molecule has 3 nitrogen and oxygen atoms in total. The summed E-state index contributed by atoms with van der Waals surface area (Å²) in [5.41, 5.74) is 0.392. The Morgan fingerprint density at radius 3 is 2.67 bits per heavy atom. The van der Waals surface area contributed by atoms with Crippen molar-refractivity contribution in [1.29, 1.82) is 0 Å². The average molecular weight is 274 g/mol. The van der Waals surface area contributed by atoms with Crippen LogP contribution in [0.2, 0.25) is 0 Å². The van der Waals surface area contributed by atoms with Crippen LogP contribution >= 0.6 is 22.6 Å². The molecule has 0 atom stereocenters. The molecule has 0 unspecified atom stereocenters. The molecule has 4 heteroatoms. The van der Waals surface area contributed by atoms with Gasteiger partial charge in [0.05, 0.1) is 5.56 Å². The third-order valence-electron chi connectivity index (χ3n) is 1.59. The summed E-state index contributed by atoms with van der Waals surface area (Å²) in [4.78, 5) is 21.9. The maximum Gasteiger partial charge on any atom is 0.385 e. The Bertz CT molecular complexity index is 384. The lowest BCUT2D eigenvalue weighted by molar-refractivity contribution is -0.128. The van der Waals surface area contributed by atoms with E-state index in [4.69, 9.17) is 4.74 Å². The number of carbonyl (C=O) groups excluding carboxylic acids is 2. The molecule has 60 valence electrons. The summed E-state index contributed by atoms with van der Waals surface area (Å²) in [7, 11) is 0. The fraction of sp³-hybridized carbons (Fsp3) is 0. The topological polar surface area (TPSA) is 43.4 Å². The highest BCUT2D eigenvalue weighted by Gasteiger charge is 2.32. The lowest BCUT2D eigenvalue weighted by Crippen LogP contribution is -2.11. The normalized spacial score (nSPS) is 14.4. The zero-order valence-electron chi connectivity index (χ0n) is 5.83. The van der Waals surface area contributed by atoms with Gasteiger partial charge in [-0.1, -0.05) is 6.07 Å². The van der Waals surface area contributed by atoms with E-state index in [1.165, 1.54) is 0 Å². The smallest absolute Gasteiger partial charge is 0.385 e. The van der Waals surface area contributed by atoms with Gasteiger partial charge in [0.2, 0.25) is 0 Å². The minimum Gasteiger partial charge on any atom is -0.420 e. The zero-order chi connectivity index (χ0) is 8.72. The van der Waals surface area contributed by atoms with Gasteiger partial charge in [-0.2, -0.15) is 0 Å². The SMILES string of the molecule is O=C1Oc2cccc(I)c2C1=O. The van der Waals surface area contributed by atoms with Crippen molar-refractivity contribution in [3.8, 4) is 5.75 Å². The predicted octanol–water partition coefficient (Wildman–Crippen LogP) is 1.39. The Morgan fingerprint density at radius 2 is 2.00 bits per heavy atom. The molecule has 0 aliphatic carbocycles. The van der Waals surface area contributed by atoms with Crippen molar-refractivity contribution in [2.45, 2.75) is 0 Å². The minimum absolute atomic E-state index is 0.372. The lowest BCUT2D eigenvalue weighted by Gasteiger charge is -1.95. The highest BCUT2D eigenvalue weighted by molar-refractivity contribution is 14.1. The third-order valence-corrected chi connectivity index (χ3v) is 2.49. The number of fused-ring (bicyclic) bond motifs is 1. The number of Topliss-reactive ketones (excluding diaryl/α,β-unsaturated/α-hetero) is 1. The van der Waals surface area contributed by atoms with Crippen molar-refractivity contribution < 1.29 is 14.3 Å². The largest absolute Gasteiger partial charge is 0.420 e. The van der Waals surface area contributed by atoms with E-state index < -0.39 is 11.8 Å². The number of esters is 1. The molecule has 1 aromatic rings. The Kier molecular flexibility index (Phi) is 1.64. The summed E-state index contributed by atoms with van der Waals surface area (Å²) in [6, 6.07) is 5.12. The van der Waals surface area contributed by atoms with E-state index in [0.717, 1.165) is 3.57 Å². The first-order valence-electron chi connectivity index (χ1n) is 3.25. The number of halogens is 1. The number of hydrogen-bond acceptors (Lipinski definition) is 3. The fourth-order valence-corrected chi connectivity index (χ4v) is 1.78. The van der Waals surface area contributed by atoms with Crippen LogP contribution in [0.1, 0.15) is 10.4 Å². The summed E-state index contributed by atoms with van der Waals surface area (Å²) in [6.45, 7) is 0. The van der Waals surface area contributed by atoms with E-state index in [9.17, 15) is 9.59 Å². The lowest BCUT2D eigenvalue weighted by atomic mass is 10.1. The van der Waals surface area contributed by atoms with Gasteiger partial charge in [-0.3, -0.25) is 4.79 Å². The van der Waals surface area contributed by atoms with E-state index in [1.807, 2.05) is 22.6 Å². The molecular formula is C8H3IO3. The number of benzene rings is 1. The third kappa shape index (κ3) is 0.945. The second kappa shape index (κ2) is 2.55. The Morgan fingerprint density at radius 1 is 1.25 bits per heavy atom. The summed E-state index contributed by atoms with van der Waals surface area (Å²) in [5, 5.41) is 0. The molecule has 0 bridgehead atoms. The van der Waals surface area contributed by atoms with Crippen LogP contribution in [0.5, 0.6) is 5.75 Å². The van der Waals surface area contributed by atoms with E-state index in [1.54, 1.807) is 18.2 Å². The van der Waals surface area contributed by atoms with Gasteiger partial charge >= 0.3 is 5.97 Å². The van der Waals surface area contributed by atoms with Crippen LogP contribution < -0.4 is 4.74 Å². The van der Waals surface area contributed by atoms with Gasteiger partial charge in [0, 0.05) is 3.57 Å². The molecule has 1 aliphatic heterocycles.